The number of amides is 1. The Kier molecular flexibility index (Phi) is 6.51. The van der Waals surface area contributed by atoms with Gasteiger partial charge in [-0.15, -0.1) is 0 Å². The first-order valence-electron chi connectivity index (χ1n) is 9.20. The molecule has 1 N–H and O–H groups in total. The zero-order valence-corrected chi connectivity index (χ0v) is 17.1. The van der Waals surface area contributed by atoms with Crippen molar-refractivity contribution in [1.29, 1.82) is 0 Å². The summed E-state index contributed by atoms with van der Waals surface area (Å²) in [7, 11) is 0. The van der Waals surface area contributed by atoms with Crippen LogP contribution in [-0.4, -0.2) is 25.1 Å². The van der Waals surface area contributed by atoms with Crippen LogP contribution in [0.15, 0.2) is 42.5 Å². The van der Waals surface area contributed by atoms with Gasteiger partial charge in [0.2, 0.25) is 0 Å². The fourth-order valence-corrected chi connectivity index (χ4v) is 3.53. The second-order valence-electron chi connectivity index (χ2n) is 7.04. The first-order valence-corrected chi connectivity index (χ1v) is 9.95. The van der Waals surface area contributed by atoms with E-state index in [0.717, 1.165) is 24.7 Å². The summed E-state index contributed by atoms with van der Waals surface area (Å²) in [6, 6.07) is 12.9. The van der Waals surface area contributed by atoms with Crippen molar-refractivity contribution >= 4 is 40.5 Å². The molecule has 0 bridgehead atoms. The van der Waals surface area contributed by atoms with Crippen molar-refractivity contribution in [2.45, 2.75) is 32.8 Å². The summed E-state index contributed by atoms with van der Waals surface area (Å²) in [6.45, 7) is 6.15. The lowest BCUT2D eigenvalue weighted by Crippen LogP contribution is -2.32. The van der Waals surface area contributed by atoms with E-state index in [1.54, 1.807) is 25.1 Å². The Bertz CT molecular complexity index is 787. The summed E-state index contributed by atoms with van der Waals surface area (Å²) >= 11 is 12.0. The highest BCUT2D eigenvalue weighted by Crippen LogP contribution is 2.29. The Morgan fingerprint density at radius 2 is 1.81 bits per heavy atom. The van der Waals surface area contributed by atoms with E-state index in [1.165, 1.54) is 18.5 Å². The highest BCUT2D eigenvalue weighted by atomic mass is 35.5. The summed E-state index contributed by atoms with van der Waals surface area (Å²) in [5.41, 5.74) is 1.93. The third-order valence-electron chi connectivity index (χ3n) is 4.85. The van der Waals surface area contributed by atoms with E-state index in [0.29, 0.717) is 15.8 Å². The zero-order valence-electron chi connectivity index (χ0n) is 15.5. The molecule has 4 nitrogen and oxygen atoms in total. The molecule has 0 radical (unpaired) electrons. The van der Waals surface area contributed by atoms with Gasteiger partial charge in [0.25, 0.3) is 5.91 Å². The molecule has 0 aromatic heterocycles. The average Bonchev–Trinajstić information content (AvgIpc) is 2.65. The number of nitrogens with zero attached hydrogens (tertiary/aromatic N) is 1. The van der Waals surface area contributed by atoms with Gasteiger partial charge in [-0.1, -0.05) is 30.1 Å². The van der Waals surface area contributed by atoms with E-state index in [9.17, 15) is 4.79 Å². The van der Waals surface area contributed by atoms with Crippen molar-refractivity contribution < 1.29 is 9.53 Å². The second-order valence-corrected chi connectivity index (χ2v) is 7.88. The van der Waals surface area contributed by atoms with E-state index in [1.807, 2.05) is 24.3 Å². The molecule has 27 heavy (non-hydrogen) atoms. The van der Waals surface area contributed by atoms with Crippen molar-refractivity contribution in [2.24, 2.45) is 5.92 Å². The molecule has 1 heterocycles. The molecule has 1 amide bonds. The summed E-state index contributed by atoms with van der Waals surface area (Å²) in [5.74, 6) is 0.995. The second kappa shape index (κ2) is 8.85. The first-order chi connectivity index (χ1) is 12.9. The highest BCUT2D eigenvalue weighted by Gasteiger charge is 2.18. The summed E-state index contributed by atoms with van der Waals surface area (Å²) in [6.07, 6.45) is 1.76. The van der Waals surface area contributed by atoms with Gasteiger partial charge in [-0.3, -0.25) is 4.79 Å². The molecular weight excluding hydrogens is 383 g/mol. The third-order valence-corrected chi connectivity index (χ3v) is 5.38. The van der Waals surface area contributed by atoms with Gasteiger partial charge in [0.1, 0.15) is 5.75 Å². The molecule has 3 rings (SSSR count). The number of ether oxygens (including phenoxy) is 1. The van der Waals surface area contributed by atoms with Gasteiger partial charge in [0, 0.05) is 29.5 Å². The minimum absolute atomic E-state index is 0.236. The average molecular weight is 407 g/mol. The lowest BCUT2D eigenvalue weighted by molar-refractivity contribution is -0.122. The van der Waals surface area contributed by atoms with Crippen LogP contribution in [0.4, 0.5) is 11.4 Å². The molecule has 144 valence electrons. The van der Waals surface area contributed by atoms with E-state index >= 15 is 0 Å². The SMILES string of the molecule is CC1CCN(c2ccc(NC(=O)C(C)Oc3ccc(Cl)cc3Cl)cc2)CC1. The van der Waals surface area contributed by atoms with Crippen molar-refractivity contribution in [3.8, 4) is 5.75 Å². The number of carbonyl (C=O) groups is 1. The van der Waals surface area contributed by atoms with E-state index in [2.05, 4.69) is 17.1 Å². The molecular formula is C21H24Cl2N2O2. The molecule has 0 saturated carbocycles. The van der Waals surface area contributed by atoms with Gasteiger partial charge in [0.05, 0.1) is 5.02 Å². The Morgan fingerprint density at radius 1 is 1.15 bits per heavy atom. The Balaban J connectivity index is 1.57. The number of hydrogen-bond acceptors (Lipinski definition) is 3. The fourth-order valence-electron chi connectivity index (χ4n) is 3.08. The van der Waals surface area contributed by atoms with Crippen molar-refractivity contribution in [3.63, 3.8) is 0 Å². The molecule has 0 spiro atoms. The van der Waals surface area contributed by atoms with E-state index < -0.39 is 6.10 Å². The summed E-state index contributed by atoms with van der Waals surface area (Å²) < 4.78 is 5.65. The largest absolute Gasteiger partial charge is 0.479 e. The number of nitrogens with one attached hydrogen (secondary N) is 1. The topological polar surface area (TPSA) is 41.6 Å². The van der Waals surface area contributed by atoms with Gasteiger partial charge in [-0.25, -0.2) is 0 Å². The lowest BCUT2D eigenvalue weighted by atomic mass is 9.99. The normalized spacial score (nSPS) is 16.1. The monoisotopic (exact) mass is 406 g/mol. The summed E-state index contributed by atoms with van der Waals surface area (Å²) in [4.78, 5) is 14.8. The highest BCUT2D eigenvalue weighted by molar-refractivity contribution is 6.35. The number of carbonyl (C=O) groups excluding carboxylic acids is 1. The van der Waals surface area contributed by atoms with Crippen molar-refractivity contribution in [3.05, 3.63) is 52.5 Å². The van der Waals surface area contributed by atoms with Crippen LogP contribution in [-0.2, 0) is 4.79 Å². The maximum absolute atomic E-state index is 12.4. The molecule has 1 aliphatic heterocycles. The van der Waals surface area contributed by atoms with Crippen LogP contribution in [0.2, 0.25) is 10.0 Å². The number of hydrogen-bond donors (Lipinski definition) is 1. The standard InChI is InChI=1S/C21H24Cl2N2O2/c1-14-9-11-25(12-10-14)18-6-4-17(5-7-18)24-21(26)15(2)27-20-8-3-16(22)13-19(20)23/h3-8,13-15H,9-12H2,1-2H3,(H,24,26). The minimum Gasteiger partial charge on any atom is -0.479 e. The van der Waals surface area contributed by atoms with Gasteiger partial charge in [0.15, 0.2) is 6.10 Å². The van der Waals surface area contributed by atoms with Gasteiger partial charge in [-0.05, 0) is 68.1 Å². The Hall–Kier alpha value is -1.91. The molecule has 1 saturated heterocycles. The molecule has 2 aromatic carbocycles. The van der Waals surface area contributed by atoms with Gasteiger partial charge >= 0.3 is 0 Å². The van der Waals surface area contributed by atoms with E-state index in [4.69, 9.17) is 27.9 Å². The lowest BCUT2D eigenvalue weighted by Gasteiger charge is -2.32. The van der Waals surface area contributed by atoms with Gasteiger partial charge < -0.3 is 15.0 Å². The molecule has 2 aromatic rings. The number of rotatable bonds is 5. The molecule has 1 unspecified atom stereocenters. The molecule has 1 atom stereocenters. The van der Waals surface area contributed by atoms with Crippen LogP contribution in [0.3, 0.4) is 0 Å². The van der Waals surface area contributed by atoms with Gasteiger partial charge in [-0.2, -0.15) is 0 Å². The van der Waals surface area contributed by atoms with Crippen LogP contribution >= 0.6 is 23.2 Å². The fraction of sp³-hybridized carbons (Fsp3) is 0.381. The van der Waals surface area contributed by atoms with Crippen molar-refractivity contribution in [1.82, 2.24) is 0 Å². The first kappa shape index (κ1) is 19.8. The zero-order chi connectivity index (χ0) is 19.4. The molecule has 6 heteroatoms. The number of benzene rings is 2. The Labute approximate surface area is 170 Å². The van der Waals surface area contributed by atoms with Crippen molar-refractivity contribution in [2.75, 3.05) is 23.3 Å². The maximum atomic E-state index is 12.4. The predicted molar refractivity (Wildman–Crippen MR) is 112 cm³/mol. The summed E-state index contributed by atoms with van der Waals surface area (Å²) in [5, 5.41) is 3.78. The Morgan fingerprint density at radius 3 is 2.44 bits per heavy atom. The molecule has 1 aliphatic rings. The van der Waals surface area contributed by atoms with Crippen LogP contribution in [0.5, 0.6) is 5.75 Å². The molecule has 1 fully saturated rings. The van der Waals surface area contributed by atoms with E-state index in [-0.39, 0.29) is 5.91 Å². The predicted octanol–water partition coefficient (Wildman–Crippen LogP) is 5.64. The number of halogens is 2. The van der Waals surface area contributed by atoms with Crippen LogP contribution in [0.1, 0.15) is 26.7 Å². The smallest absolute Gasteiger partial charge is 0.265 e. The molecule has 0 aliphatic carbocycles. The number of anilines is 2. The van der Waals surface area contributed by atoms with Crippen LogP contribution in [0.25, 0.3) is 0 Å². The maximum Gasteiger partial charge on any atom is 0.265 e. The quantitative estimate of drug-likeness (QED) is 0.698. The minimum atomic E-state index is -0.688. The third kappa shape index (κ3) is 5.30. The van der Waals surface area contributed by atoms with Crippen LogP contribution < -0.4 is 15.0 Å². The number of piperidine rings is 1. The van der Waals surface area contributed by atoms with Crippen LogP contribution in [0, 0.1) is 5.92 Å².